The lowest BCUT2D eigenvalue weighted by Crippen LogP contribution is -2.36. The van der Waals surface area contributed by atoms with Crippen molar-refractivity contribution >= 4 is 11.6 Å². The van der Waals surface area contributed by atoms with Crippen molar-refractivity contribution in [2.75, 3.05) is 36.5 Å². The summed E-state index contributed by atoms with van der Waals surface area (Å²) >= 11 is 0. The molecule has 4 rings (SSSR count). The summed E-state index contributed by atoms with van der Waals surface area (Å²) in [5.74, 6) is 3.84. The van der Waals surface area contributed by atoms with Gasteiger partial charge in [0.2, 0.25) is 0 Å². The van der Waals surface area contributed by atoms with Gasteiger partial charge < -0.3 is 15.0 Å². The summed E-state index contributed by atoms with van der Waals surface area (Å²) in [6, 6.07) is 2.72. The van der Waals surface area contributed by atoms with Gasteiger partial charge in [0.05, 0.1) is 13.2 Å². The zero-order chi connectivity index (χ0) is 14.1. The maximum absolute atomic E-state index is 5.41. The van der Waals surface area contributed by atoms with Crippen molar-refractivity contribution in [3.05, 3.63) is 12.4 Å². The molecule has 5 nitrogen and oxygen atoms in total. The van der Waals surface area contributed by atoms with Gasteiger partial charge in [-0.25, -0.2) is 9.97 Å². The monoisotopic (exact) mass is 288 g/mol. The minimum atomic E-state index is 0.616. The molecule has 0 amide bonds. The van der Waals surface area contributed by atoms with E-state index in [1.54, 1.807) is 6.33 Å². The second-order valence-corrected chi connectivity index (χ2v) is 6.54. The van der Waals surface area contributed by atoms with Gasteiger partial charge in [-0.05, 0) is 31.1 Å². The number of rotatable bonds is 3. The van der Waals surface area contributed by atoms with E-state index in [9.17, 15) is 0 Å². The minimum absolute atomic E-state index is 0.616. The molecule has 2 heterocycles. The number of anilines is 2. The highest BCUT2D eigenvalue weighted by molar-refractivity contribution is 5.49. The fraction of sp³-hybridized carbons (Fsp3) is 0.750. The molecule has 1 aromatic rings. The van der Waals surface area contributed by atoms with Crippen LogP contribution in [0.15, 0.2) is 12.4 Å². The van der Waals surface area contributed by atoms with E-state index in [1.807, 2.05) is 0 Å². The number of fused-ring (bicyclic) bond motifs is 1. The molecule has 5 heteroatoms. The SMILES string of the molecule is c1nc(N[C@@H]2CC[C@H]3CCC[C@H]32)cc(N2CCOCC2)n1. The highest BCUT2D eigenvalue weighted by Gasteiger charge is 2.39. The van der Waals surface area contributed by atoms with Crippen LogP contribution in [0.1, 0.15) is 32.1 Å². The van der Waals surface area contributed by atoms with Crippen LogP contribution in [-0.4, -0.2) is 42.3 Å². The second kappa shape index (κ2) is 5.79. The highest BCUT2D eigenvalue weighted by atomic mass is 16.5. The predicted molar refractivity (Wildman–Crippen MR) is 82.5 cm³/mol. The summed E-state index contributed by atoms with van der Waals surface area (Å²) in [6.45, 7) is 3.42. The largest absolute Gasteiger partial charge is 0.378 e. The number of aromatic nitrogens is 2. The molecule has 1 N–H and O–H groups in total. The van der Waals surface area contributed by atoms with E-state index in [4.69, 9.17) is 4.74 Å². The van der Waals surface area contributed by atoms with E-state index in [0.29, 0.717) is 6.04 Å². The second-order valence-electron chi connectivity index (χ2n) is 6.54. The van der Waals surface area contributed by atoms with Crippen LogP contribution in [0.3, 0.4) is 0 Å². The van der Waals surface area contributed by atoms with Gasteiger partial charge in [0, 0.05) is 25.2 Å². The topological polar surface area (TPSA) is 50.3 Å². The predicted octanol–water partition coefficient (Wildman–Crippen LogP) is 2.30. The number of morpholine rings is 1. The first-order chi connectivity index (χ1) is 10.4. The minimum Gasteiger partial charge on any atom is -0.378 e. The molecule has 3 aliphatic rings. The third-order valence-corrected chi connectivity index (χ3v) is 5.40. The molecule has 0 unspecified atom stereocenters. The zero-order valence-electron chi connectivity index (χ0n) is 12.5. The van der Waals surface area contributed by atoms with E-state index in [1.165, 1.54) is 32.1 Å². The van der Waals surface area contributed by atoms with Crippen LogP contribution in [0.4, 0.5) is 11.6 Å². The molecule has 1 saturated heterocycles. The fourth-order valence-electron chi connectivity index (χ4n) is 4.32. The number of nitrogens with zero attached hydrogens (tertiary/aromatic N) is 3. The lowest BCUT2D eigenvalue weighted by molar-refractivity contribution is 0.122. The molecule has 3 fully saturated rings. The first-order valence-corrected chi connectivity index (χ1v) is 8.31. The zero-order valence-corrected chi connectivity index (χ0v) is 12.5. The lowest BCUT2D eigenvalue weighted by Gasteiger charge is -2.28. The summed E-state index contributed by atoms with van der Waals surface area (Å²) < 4.78 is 5.41. The molecule has 0 aromatic carbocycles. The van der Waals surface area contributed by atoms with E-state index in [2.05, 4.69) is 26.3 Å². The Labute approximate surface area is 126 Å². The van der Waals surface area contributed by atoms with Crippen LogP contribution in [0.5, 0.6) is 0 Å². The van der Waals surface area contributed by atoms with Gasteiger partial charge in [-0.1, -0.05) is 12.8 Å². The number of nitrogens with one attached hydrogen (secondary N) is 1. The van der Waals surface area contributed by atoms with E-state index in [-0.39, 0.29) is 0 Å². The van der Waals surface area contributed by atoms with Gasteiger partial charge in [-0.15, -0.1) is 0 Å². The molecule has 2 aliphatic carbocycles. The summed E-state index contributed by atoms with van der Waals surface area (Å²) in [5.41, 5.74) is 0. The fourth-order valence-corrected chi connectivity index (χ4v) is 4.32. The first kappa shape index (κ1) is 13.3. The number of hydrogen-bond donors (Lipinski definition) is 1. The summed E-state index contributed by atoms with van der Waals surface area (Å²) in [6.07, 6.45) is 8.62. The molecule has 2 saturated carbocycles. The van der Waals surface area contributed by atoms with E-state index >= 15 is 0 Å². The van der Waals surface area contributed by atoms with Crippen molar-refractivity contribution in [2.45, 2.75) is 38.1 Å². The van der Waals surface area contributed by atoms with E-state index in [0.717, 1.165) is 49.8 Å². The molecule has 1 aliphatic heterocycles. The van der Waals surface area contributed by atoms with E-state index < -0.39 is 0 Å². The Balaban J connectivity index is 1.45. The average molecular weight is 288 g/mol. The third-order valence-electron chi connectivity index (χ3n) is 5.40. The summed E-state index contributed by atoms with van der Waals surface area (Å²) in [7, 11) is 0. The molecule has 21 heavy (non-hydrogen) atoms. The van der Waals surface area contributed by atoms with Crippen LogP contribution in [0, 0.1) is 11.8 Å². The van der Waals surface area contributed by atoms with Crippen molar-refractivity contribution < 1.29 is 4.74 Å². The Kier molecular flexibility index (Phi) is 3.67. The van der Waals surface area contributed by atoms with Crippen molar-refractivity contribution in [1.82, 2.24) is 9.97 Å². The normalized spacial score (nSPS) is 32.2. The molecule has 1 aromatic heterocycles. The summed E-state index contributed by atoms with van der Waals surface area (Å²) in [4.78, 5) is 11.1. The Morgan fingerprint density at radius 2 is 2.00 bits per heavy atom. The van der Waals surface area contributed by atoms with Crippen molar-refractivity contribution in [2.24, 2.45) is 11.8 Å². The van der Waals surface area contributed by atoms with Gasteiger partial charge >= 0.3 is 0 Å². The summed E-state index contributed by atoms with van der Waals surface area (Å²) in [5, 5.41) is 3.68. The Hall–Kier alpha value is -1.36. The third kappa shape index (κ3) is 2.71. The van der Waals surface area contributed by atoms with Gasteiger partial charge in [0.25, 0.3) is 0 Å². The Morgan fingerprint density at radius 3 is 2.90 bits per heavy atom. The molecule has 0 radical (unpaired) electrons. The van der Waals surface area contributed by atoms with Crippen molar-refractivity contribution in [3.8, 4) is 0 Å². The molecule has 0 bridgehead atoms. The molecule has 3 atom stereocenters. The average Bonchev–Trinajstić information content (AvgIpc) is 3.14. The maximum atomic E-state index is 5.41. The van der Waals surface area contributed by atoms with Crippen LogP contribution >= 0.6 is 0 Å². The molecular formula is C16H24N4O. The van der Waals surface area contributed by atoms with Gasteiger partial charge in [0.1, 0.15) is 18.0 Å². The quantitative estimate of drug-likeness (QED) is 0.925. The van der Waals surface area contributed by atoms with Gasteiger partial charge in [-0.3, -0.25) is 0 Å². The molecule has 0 spiro atoms. The number of ether oxygens (including phenoxy) is 1. The Bertz CT molecular complexity index is 489. The smallest absolute Gasteiger partial charge is 0.134 e. The van der Waals surface area contributed by atoms with Gasteiger partial charge in [0.15, 0.2) is 0 Å². The van der Waals surface area contributed by atoms with Crippen LogP contribution < -0.4 is 10.2 Å². The van der Waals surface area contributed by atoms with Crippen LogP contribution in [-0.2, 0) is 4.74 Å². The molecular weight excluding hydrogens is 264 g/mol. The molecule has 114 valence electrons. The van der Waals surface area contributed by atoms with Crippen molar-refractivity contribution in [3.63, 3.8) is 0 Å². The maximum Gasteiger partial charge on any atom is 0.134 e. The Morgan fingerprint density at radius 1 is 1.10 bits per heavy atom. The van der Waals surface area contributed by atoms with Crippen LogP contribution in [0.2, 0.25) is 0 Å². The highest BCUT2D eigenvalue weighted by Crippen LogP contribution is 2.44. The lowest BCUT2D eigenvalue weighted by atomic mass is 9.98. The first-order valence-electron chi connectivity index (χ1n) is 8.31. The van der Waals surface area contributed by atoms with Gasteiger partial charge in [-0.2, -0.15) is 0 Å². The number of hydrogen-bond acceptors (Lipinski definition) is 5. The van der Waals surface area contributed by atoms with Crippen molar-refractivity contribution in [1.29, 1.82) is 0 Å². The standard InChI is InChI=1S/C16H24N4O/c1-2-12-4-5-14(13(12)3-1)19-15-10-16(18-11-17-15)20-6-8-21-9-7-20/h10-14H,1-9H2,(H,17,18,19)/t12-,13-,14-/m1/s1. The van der Waals surface area contributed by atoms with Crippen LogP contribution in [0.25, 0.3) is 0 Å².